The van der Waals surface area contributed by atoms with Gasteiger partial charge in [0.2, 0.25) is 5.91 Å². The van der Waals surface area contributed by atoms with Crippen LogP contribution in [0.5, 0.6) is 5.75 Å². The van der Waals surface area contributed by atoms with Crippen molar-refractivity contribution < 1.29 is 14.3 Å². The summed E-state index contributed by atoms with van der Waals surface area (Å²) in [7, 11) is 0. The van der Waals surface area contributed by atoms with Gasteiger partial charge in [0.1, 0.15) is 17.3 Å². The monoisotopic (exact) mass is 420 g/mol. The average molecular weight is 421 g/mol. The Labute approximate surface area is 181 Å². The van der Waals surface area contributed by atoms with Crippen molar-refractivity contribution in [3.8, 4) is 17.1 Å². The number of hydrogen-bond donors (Lipinski definition) is 3. The third kappa shape index (κ3) is 5.58. The number of phenols is 1. The van der Waals surface area contributed by atoms with E-state index in [1.807, 2.05) is 48.5 Å². The molecule has 3 N–H and O–H groups in total. The second-order valence-corrected chi connectivity index (χ2v) is 7.34. The van der Waals surface area contributed by atoms with Crippen LogP contribution >= 0.6 is 12.2 Å². The number of carbonyl (C=O) groups excluding carboxylic acids is 1. The number of anilines is 1. The number of hydrogen-bond acceptors (Lipinski definition) is 4. The summed E-state index contributed by atoms with van der Waals surface area (Å²) in [5.41, 5.74) is 2.51. The lowest BCUT2D eigenvalue weighted by molar-refractivity contribution is -0.115. The summed E-state index contributed by atoms with van der Waals surface area (Å²) in [6, 6.07) is 18.7. The fraction of sp³-hybridized carbons (Fsp3) is 0.167. The van der Waals surface area contributed by atoms with Crippen LogP contribution in [0.2, 0.25) is 0 Å². The van der Waals surface area contributed by atoms with E-state index in [9.17, 15) is 9.90 Å². The maximum atomic E-state index is 12.2. The summed E-state index contributed by atoms with van der Waals surface area (Å²) in [6.45, 7) is 4.21. The van der Waals surface area contributed by atoms with Crippen LogP contribution in [0.4, 0.5) is 5.69 Å². The molecule has 0 saturated heterocycles. The van der Waals surface area contributed by atoms with Gasteiger partial charge in [0, 0.05) is 11.6 Å². The molecule has 0 saturated carbocycles. The lowest BCUT2D eigenvalue weighted by Crippen LogP contribution is -2.32. The zero-order valence-electron chi connectivity index (χ0n) is 16.9. The molecule has 1 aromatic heterocycles. The first-order valence-electron chi connectivity index (χ1n) is 9.74. The molecule has 0 fully saturated rings. The normalized spacial score (nSPS) is 11.9. The van der Waals surface area contributed by atoms with Crippen LogP contribution in [0.3, 0.4) is 0 Å². The highest BCUT2D eigenvalue weighted by molar-refractivity contribution is 7.80. The molecule has 0 radical (unpaired) electrons. The number of aromatic hydroxyl groups is 1. The van der Waals surface area contributed by atoms with E-state index in [-0.39, 0.29) is 10.9 Å². The van der Waals surface area contributed by atoms with Crippen LogP contribution in [0.15, 0.2) is 71.2 Å². The molecule has 6 heteroatoms. The van der Waals surface area contributed by atoms with Gasteiger partial charge >= 0.3 is 0 Å². The topological polar surface area (TPSA) is 74.5 Å². The number of benzene rings is 2. The lowest BCUT2D eigenvalue weighted by atomic mass is 9.98. The number of carbonyl (C=O) groups is 1. The Bertz CT molecular complexity index is 1060. The SMILES string of the molecule is CC[C@H](C)c1ccc(O)c(NC(=S)NC(=O)/C=C/c2ccc(-c3ccccc3)o2)c1. The average Bonchev–Trinajstić information content (AvgIpc) is 3.23. The highest BCUT2D eigenvalue weighted by atomic mass is 32.1. The van der Waals surface area contributed by atoms with Gasteiger partial charge in [-0.05, 0) is 60.5 Å². The number of amides is 1. The number of rotatable bonds is 6. The highest BCUT2D eigenvalue weighted by Gasteiger charge is 2.10. The van der Waals surface area contributed by atoms with E-state index in [0.29, 0.717) is 17.4 Å². The van der Waals surface area contributed by atoms with E-state index in [2.05, 4.69) is 24.5 Å². The number of phenolic OH excluding ortho intramolecular Hbond substituents is 1. The highest BCUT2D eigenvalue weighted by Crippen LogP contribution is 2.29. The van der Waals surface area contributed by atoms with Crippen LogP contribution in [-0.2, 0) is 4.79 Å². The lowest BCUT2D eigenvalue weighted by Gasteiger charge is -2.14. The first-order chi connectivity index (χ1) is 14.5. The van der Waals surface area contributed by atoms with Crippen molar-refractivity contribution in [3.05, 3.63) is 78.1 Å². The smallest absolute Gasteiger partial charge is 0.250 e. The second kappa shape index (κ2) is 9.89. The zero-order valence-corrected chi connectivity index (χ0v) is 17.7. The molecule has 3 aromatic rings. The van der Waals surface area contributed by atoms with Crippen LogP contribution < -0.4 is 10.6 Å². The third-order valence-corrected chi connectivity index (χ3v) is 4.98. The fourth-order valence-corrected chi connectivity index (χ4v) is 3.07. The fourth-order valence-electron chi connectivity index (χ4n) is 2.86. The molecule has 5 nitrogen and oxygen atoms in total. The summed E-state index contributed by atoms with van der Waals surface area (Å²) in [4.78, 5) is 12.2. The Morgan fingerprint density at radius 1 is 1.17 bits per heavy atom. The van der Waals surface area contributed by atoms with E-state index in [1.165, 1.54) is 6.08 Å². The molecular formula is C24H24N2O3S. The van der Waals surface area contributed by atoms with E-state index in [1.54, 1.807) is 18.2 Å². The molecule has 0 aliphatic rings. The van der Waals surface area contributed by atoms with Crippen LogP contribution in [-0.4, -0.2) is 16.1 Å². The summed E-state index contributed by atoms with van der Waals surface area (Å²) in [6.07, 6.45) is 3.90. The maximum absolute atomic E-state index is 12.2. The number of furan rings is 1. The molecule has 2 aromatic carbocycles. The molecule has 154 valence electrons. The van der Waals surface area contributed by atoms with Gasteiger partial charge < -0.3 is 14.8 Å². The van der Waals surface area contributed by atoms with Crippen molar-refractivity contribution in [2.75, 3.05) is 5.32 Å². The van der Waals surface area contributed by atoms with Gasteiger partial charge in [0.15, 0.2) is 5.11 Å². The molecule has 0 spiro atoms. The van der Waals surface area contributed by atoms with Crippen LogP contribution in [0.25, 0.3) is 17.4 Å². The van der Waals surface area contributed by atoms with Crippen LogP contribution in [0.1, 0.15) is 37.5 Å². The molecule has 0 unspecified atom stereocenters. The molecule has 0 aliphatic heterocycles. The van der Waals surface area contributed by atoms with Gasteiger partial charge in [-0.15, -0.1) is 0 Å². The first-order valence-corrected chi connectivity index (χ1v) is 10.1. The Morgan fingerprint density at radius 2 is 1.93 bits per heavy atom. The van der Waals surface area contributed by atoms with Crippen molar-refractivity contribution in [3.63, 3.8) is 0 Å². The third-order valence-electron chi connectivity index (χ3n) is 4.77. The maximum Gasteiger partial charge on any atom is 0.250 e. The van der Waals surface area contributed by atoms with Gasteiger partial charge in [0.05, 0.1) is 5.69 Å². The molecule has 30 heavy (non-hydrogen) atoms. The molecular weight excluding hydrogens is 396 g/mol. The largest absolute Gasteiger partial charge is 0.506 e. The summed E-state index contributed by atoms with van der Waals surface area (Å²) in [5.74, 6) is 1.30. The molecule has 0 bridgehead atoms. The van der Waals surface area contributed by atoms with Gasteiger partial charge in [-0.3, -0.25) is 10.1 Å². The predicted molar refractivity (Wildman–Crippen MR) is 124 cm³/mol. The zero-order chi connectivity index (χ0) is 21.5. The Hall–Kier alpha value is -3.38. The van der Waals surface area contributed by atoms with Crippen molar-refractivity contribution in [2.24, 2.45) is 0 Å². The minimum Gasteiger partial charge on any atom is -0.506 e. The molecule has 1 atom stereocenters. The summed E-state index contributed by atoms with van der Waals surface area (Å²) >= 11 is 5.20. The minimum atomic E-state index is -0.400. The van der Waals surface area contributed by atoms with Crippen molar-refractivity contribution in [1.29, 1.82) is 0 Å². The van der Waals surface area contributed by atoms with Crippen molar-refractivity contribution >= 4 is 35.0 Å². The Kier molecular flexibility index (Phi) is 7.03. The quantitative estimate of drug-likeness (QED) is 0.271. The molecule has 1 amide bonds. The summed E-state index contributed by atoms with van der Waals surface area (Å²) in [5, 5.41) is 15.6. The standard InChI is InChI=1S/C24H24N2O3S/c1-3-16(2)18-9-12-21(27)20(15-18)25-24(30)26-23(28)14-11-19-10-13-22(29-19)17-7-5-4-6-8-17/h4-16,27H,3H2,1-2H3,(H2,25,26,28,30)/b14-11+/t16-/m0/s1. The van der Waals surface area contributed by atoms with E-state index in [4.69, 9.17) is 16.6 Å². The summed E-state index contributed by atoms with van der Waals surface area (Å²) < 4.78 is 5.73. The van der Waals surface area contributed by atoms with Gasteiger partial charge in [-0.25, -0.2) is 0 Å². The second-order valence-electron chi connectivity index (χ2n) is 6.93. The predicted octanol–water partition coefficient (Wildman–Crippen LogP) is 5.69. The minimum absolute atomic E-state index is 0.0678. The molecule has 0 aliphatic carbocycles. The van der Waals surface area contributed by atoms with Crippen LogP contribution in [0, 0.1) is 0 Å². The van der Waals surface area contributed by atoms with Gasteiger partial charge in [0.25, 0.3) is 0 Å². The Morgan fingerprint density at radius 3 is 2.67 bits per heavy atom. The first kappa shape index (κ1) is 21.3. The van der Waals surface area contributed by atoms with E-state index < -0.39 is 5.91 Å². The van der Waals surface area contributed by atoms with E-state index >= 15 is 0 Å². The van der Waals surface area contributed by atoms with Gasteiger partial charge in [-0.2, -0.15) is 0 Å². The van der Waals surface area contributed by atoms with E-state index in [0.717, 1.165) is 23.3 Å². The molecule has 3 rings (SSSR count). The molecule has 1 heterocycles. The number of thiocarbonyl (C=S) groups is 1. The van der Waals surface area contributed by atoms with Crippen molar-refractivity contribution in [2.45, 2.75) is 26.2 Å². The van der Waals surface area contributed by atoms with Gasteiger partial charge in [-0.1, -0.05) is 50.2 Å². The van der Waals surface area contributed by atoms with Crippen molar-refractivity contribution in [1.82, 2.24) is 5.32 Å². The number of nitrogens with one attached hydrogen (secondary N) is 2. The Balaban J connectivity index is 1.59.